The van der Waals surface area contributed by atoms with Crippen LogP contribution in [-0.2, 0) is 16.4 Å². The van der Waals surface area contributed by atoms with Crippen molar-refractivity contribution in [3.05, 3.63) is 58.1 Å². The van der Waals surface area contributed by atoms with E-state index in [1.165, 1.54) is 12.1 Å². The van der Waals surface area contributed by atoms with E-state index in [0.717, 1.165) is 29.7 Å². The van der Waals surface area contributed by atoms with Crippen molar-refractivity contribution in [1.29, 1.82) is 0 Å². The summed E-state index contributed by atoms with van der Waals surface area (Å²) in [7, 11) is -3.85. The van der Waals surface area contributed by atoms with Gasteiger partial charge in [-0.25, -0.2) is 13.1 Å². The van der Waals surface area contributed by atoms with E-state index in [0.29, 0.717) is 12.1 Å². The molecular weight excluding hydrogens is 396 g/mol. The number of hydrogen-bond donors (Lipinski definition) is 1. The number of aryl methyl sites for hydroxylation is 2. The van der Waals surface area contributed by atoms with Gasteiger partial charge in [0.2, 0.25) is 10.0 Å². The molecule has 1 N–H and O–H groups in total. The van der Waals surface area contributed by atoms with Crippen LogP contribution in [0.15, 0.2) is 41.3 Å². The number of hydrogen-bond acceptors (Lipinski definition) is 3. The molecule has 1 aliphatic rings. The van der Waals surface area contributed by atoms with Gasteiger partial charge in [0.25, 0.3) is 5.91 Å². The lowest BCUT2D eigenvalue weighted by atomic mass is 9.99. The van der Waals surface area contributed by atoms with E-state index < -0.39 is 15.6 Å². The van der Waals surface area contributed by atoms with Gasteiger partial charge in [-0.05, 0) is 70.4 Å². The maximum atomic E-state index is 13.2. The summed E-state index contributed by atoms with van der Waals surface area (Å²) in [5.41, 5.74) is 2.81. The Morgan fingerprint density at radius 3 is 2.54 bits per heavy atom. The fraction of sp³-hybridized carbons (Fsp3) is 0.381. The third-order valence-electron chi connectivity index (χ3n) is 4.51. The first kappa shape index (κ1) is 20.8. The fourth-order valence-electron chi connectivity index (χ4n) is 3.39. The van der Waals surface area contributed by atoms with Crippen molar-refractivity contribution in [2.45, 2.75) is 51.0 Å². The first-order chi connectivity index (χ1) is 13.0. The zero-order chi connectivity index (χ0) is 20.7. The Morgan fingerprint density at radius 2 is 1.86 bits per heavy atom. The van der Waals surface area contributed by atoms with Gasteiger partial charge in [-0.3, -0.25) is 4.79 Å². The molecule has 150 valence electrons. The number of halogens is 1. The van der Waals surface area contributed by atoms with E-state index >= 15 is 0 Å². The highest BCUT2D eigenvalue weighted by molar-refractivity contribution is 7.89. The van der Waals surface area contributed by atoms with Gasteiger partial charge in [-0.15, -0.1) is 0 Å². The minimum atomic E-state index is -3.85. The molecule has 0 spiro atoms. The van der Waals surface area contributed by atoms with Crippen LogP contribution in [0.1, 0.15) is 48.7 Å². The quantitative estimate of drug-likeness (QED) is 0.804. The van der Waals surface area contributed by atoms with E-state index in [4.69, 9.17) is 11.6 Å². The maximum Gasteiger partial charge on any atom is 0.258 e. The fourth-order valence-corrected chi connectivity index (χ4v) is 5.34. The zero-order valence-corrected chi connectivity index (χ0v) is 18.1. The van der Waals surface area contributed by atoms with Gasteiger partial charge in [0.05, 0.1) is 5.02 Å². The molecule has 0 aromatic heterocycles. The monoisotopic (exact) mass is 420 g/mol. The lowest BCUT2D eigenvalue weighted by Gasteiger charge is -2.30. The Labute approximate surface area is 171 Å². The molecule has 2 aromatic rings. The predicted octanol–water partition coefficient (Wildman–Crippen LogP) is 4.32. The molecule has 1 aliphatic heterocycles. The van der Waals surface area contributed by atoms with Gasteiger partial charge in [-0.2, -0.15) is 0 Å². The Balaban J connectivity index is 1.99. The molecular formula is C21H25ClN2O3S. The summed E-state index contributed by atoms with van der Waals surface area (Å²) in [6.07, 6.45) is 1.79. The molecule has 0 fully saturated rings. The first-order valence-corrected chi connectivity index (χ1v) is 11.1. The molecule has 2 aromatic carbocycles. The van der Waals surface area contributed by atoms with Crippen LogP contribution in [0.4, 0.5) is 5.69 Å². The summed E-state index contributed by atoms with van der Waals surface area (Å²) in [5, 5.41) is 0.0861. The summed E-state index contributed by atoms with van der Waals surface area (Å²) in [5.74, 6) is -0.228. The van der Waals surface area contributed by atoms with Crippen molar-refractivity contribution >= 4 is 33.2 Å². The molecule has 0 unspecified atom stereocenters. The highest BCUT2D eigenvalue weighted by Crippen LogP contribution is 2.31. The van der Waals surface area contributed by atoms with E-state index in [1.807, 2.05) is 19.1 Å². The lowest BCUT2D eigenvalue weighted by molar-refractivity contribution is 0.0985. The van der Waals surface area contributed by atoms with Crippen LogP contribution in [0.2, 0.25) is 5.02 Å². The standard InChI is InChI=1S/C21H25ClN2O3S/c1-14-7-10-18-15(12-14)6-5-11-24(18)20(25)16-8-9-17(22)19(13-16)28(26,27)23-21(2,3)4/h7-10,12-13,23H,5-6,11H2,1-4H3. The number of sulfonamides is 1. The van der Waals surface area contributed by atoms with E-state index in [2.05, 4.69) is 10.8 Å². The van der Waals surface area contributed by atoms with E-state index in [9.17, 15) is 13.2 Å². The third kappa shape index (κ3) is 4.40. The number of nitrogens with one attached hydrogen (secondary N) is 1. The minimum Gasteiger partial charge on any atom is -0.308 e. The number of nitrogens with zero attached hydrogens (tertiary/aromatic N) is 1. The van der Waals surface area contributed by atoms with Crippen LogP contribution >= 0.6 is 11.6 Å². The minimum absolute atomic E-state index is 0.0861. The number of carbonyl (C=O) groups is 1. The highest BCUT2D eigenvalue weighted by Gasteiger charge is 2.28. The second kappa shape index (κ2) is 7.50. The van der Waals surface area contributed by atoms with Crippen molar-refractivity contribution in [3.8, 4) is 0 Å². The molecule has 1 amide bonds. The number of benzene rings is 2. The largest absolute Gasteiger partial charge is 0.308 e. The van der Waals surface area contributed by atoms with Crippen molar-refractivity contribution in [2.75, 3.05) is 11.4 Å². The number of fused-ring (bicyclic) bond motifs is 1. The Bertz CT molecular complexity index is 1030. The van der Waals surface area contributed by atoms with Gasteiger partial charge >= 0.3 is 0 Å². The molecule has 7 heteroatoms. The van der Waals surface area contributed by atoms with Gasteiger partial charge in [0.1, 0.15) is 4.90 Å². The lowest BCUT2D eigenvalue weighted by Crippen LogP contribution is -2.40. The van der Waals surface area contributed by atoms with Gasteiger partial charge in [-0.1, -0.05) is 29.3 Å². The molecule has 0 radical (unpaired) electrons. The summed E-state index contributed by atoms with van der Waals surface area (Å²) in [6.45, 7) is 7.87. The molecule has 1 heterocycles. The molecule has 3 rings (SSSR count). The van der Waals surface area contributed by atoms with E-state index in [1.54, 1.807) is 31.7 Å². The van der Waals surface area contributed by atoms with Crippen molar-refractivity contribution in [1.82, 2.24) is 4.72 Å². The predicted molar refractivity (Wildman–Crippen MR) is 113 cm³/mol. The maximum absolute atomic E-state index is 13.2. The van der Waals surface area contributed by atoms with Crippen LogP contribution in [0.3, 0.4) is 0 Å². The number of carbonyl (C=O) groups excluding carboxylic acids is 1. The first-order valence-electron chi connectivity index (χ1n) is 9.23. The van der Waals surface area contributed by atoms with Crippen LogP contribution in [-0.4, -0.2) is 26.4 Å². The van der Waals surface area contributed by atoms with Crippen LogP contribution in [0.5, 0.6) is 0 Å². The smallest absolute Gasteiger partial charge is 0.258 e. The van der Waals surface area contributed by atoms with Gasteiger partial charge < -0.3 is 4.90 Å². The summed E-state index contributed by atoms with van der Waals surface area (Å²) >= 11 is 6.15. The second-order valence-electron chi connectivity index (χ2n) is 8.19. The Hall–Kier alpha value is -1.89. The average Bonchev–Trinajstić information content (AvgIpc) is 2.58. The Kier molecular flexibility index (Phi) is 5.58. The van der Waals surface area contributed by atoms with Crippen molar-refractivity contribution < 1.29 is 13.2 Å². The zero-order valence-electron chi connectivity index (χ0n) is 16.5. The second-order valence-corrected chi connectivity index (χ2v) is 10.3. The molecule has 0 atom stereocenters. The normalized spacial score (nSPS) is 14.7. The van der Waals surface area contributed by atoms with Crippen LogP contribution in [0.25, 0.3) is 0 Å². The van der Waals surface area contributed by atoms with Crippen LogP contribution < -0.4 is 9.62 Å². The molecule has 0 bridgehead atoms. The highest BCUT2D eigenvalue weighted by atomic mass is 35.5. The summed E-state index contributed by atoms with van der Waals surface area (Å²) < 4.78 is 28.1. The molecule has 5 nitrogen and oxygen atoms in total. The van der Waals surface area contributed by atoms with Crippen molar-refractivity contribution in [3.63, 3.8) is 0 Å². The molecule has 0 aliphatic carbocycles. The molecule has 0 saturated heterocycles. The SMILES string of the molecule is Cc1ccc2c(c1)CCCN2C(=O)c1ccc(Cl)c(S(=O)(=O)NC(C)(C)C)c1. The molecule has 28 heavy (non-hydrogen) atoms. The van der Waals surface area contributed by atoms with E-state index in [-0.39, 0.29) is 15.8 Å². The third-order valence-corrected chi connectivity index (χ3v) is 6.75. The molecule has 0 saturated carbocycles. The van der Waals surface area contributed by atoms with Gasteiger partial charge in [0.15, 0.2) is 0 Å². The number of anilines is 1. The Morgan fingerprint density at radius 1 is 1.14 bits per heavy atom. The topological polar surface area (TPSA) is 66.5 Å². The van der Waals surface area contributed by atoms with Crippen LogP contribution in [0, 0.1) is 6.92 Å². The summed E-state index contributed by atoms with van der Waals surface area (Å²) in [4.78, 5) is 14.8. The number of rotatable bonds is 3. The summed E-state index contributed by atoms with van der Waals surface area (Å²) in [6, 6.07) is 10.4. The number of amides is 1. The van der Waals surface area contributed by atoms with Gasteiger partial charge in [0, 0.05) is 23.3 Å². The van der Waals surface area contributed by atoms with Crippen molar-refractivity contribution in [2.24, 2.45) is 0 Å². The average molecular weight is 421 g/mol.